The fourth-order valence-electron chi connectivity index (χ4n) is 2.22. The topological polar surface area (TPSA) is 41.3 Å². The van der Waals surface area contributed by atoms with Crippen molar-refractivity contribution in [1.82, 2.24) is 10.2 Å². The molecule has 0 bridgehead atoms. The number of rotatable bonds is 5. The van der Waals surface area contributed by atoms with Crippen LogP contribution in [0.3, 0.4) is 0 Å². The van der Waals surface area contributed by atoms with E-state index in [0.717, 1.165) is 31.2 Å². The summed E-state index contributed by atoms with van der Waals surface area (Å²) in [6.07, 6.45) is 2.72. The van der Waals surface area contributed by atoms with E-state index in [1.165, 1.54) is 30.8 Å². The molecule has 2 rings (SSSR count). The fraction of sp³-hybridized carbons (Fsp3) is 0.692. The highest BCUT2D eigenvalue weighted by Crippen LogP contribution is 2.18. The third kappa shape index (κ3) is 3.98. The second-order valence-corrected chi connectivity index (χ2v) is 6.00. The molecule has 2 heterocycles. The molecule has 1 fully saturated rings. The maximum Gasteiger partial charge on any atom is 0.0468 e. The van der Waals surface area contributed by atoms with Crippen molar-refractivity contribution in [2.45, 2.75) is 26.3 Å². The van der Waals surface area contributed by atoms with Crippen LogP contribution in [0.1, 0.15) is 24.6 Å². The van der Waals surface area contributed by atoms with E-state index in [-0.39, 0.29) is 0 Å². The highest BCUT2D eigenvalue weighted by molar-refractivity contribution is 7.10. The number of thiophene rings is 1. The molecule has 4 heteroatoms. The maximum atomic E-state index is 5.84. The van der Waals surface area contributed by atoms with Gasteiger partial charge in [-0.25, -0.2) is 0 Å². The Hall–Kier alpha value is -0.580. The van der Waals surface area contributed by atoms with Gasteiger partial charge in [-0.3, -0.25) is 0 Å². The first-order valence-electron chi connectivity index (χ1n) is 6.50. The highest BCUT2D eigenvalue weighted by atomic mass is 32.1. The van der Waals surface area contributed by atoms with Crippen molar-refractivity contribution in [1.29, 1.82) is 0 Å². The molecule has 1 aromatic rings. The van der Waals surface area contributed by atoms with E-state index in [2.05, 4.69) is 22.5 Å². The lowest BCUT2D eigenvalue weighted by molar-refractivity contribution is 0.193. The Morgan fingerprint density at radius 1 is 1.47 bits per heavy atom. The van der Waals surface area contributed by atoms with E-state index in [9.17, 15) is 0 Å². The Labute approximate surface area is 108 Å². The quantitative estimate of drug-likeness (QED) is 0.790. The highest BCUT2D eigenvalue weighted by Gasteiger charge is 2.14. The lowest BCUT2D eigenvalue weighted by Crippen LogP contribution is -2.37. The molecule has 3 N–H and O–H groups in total. The van der Waals surface area contributed by atoms with Crippen molar-refractivity contribution in [3.8, 4) is 0 Å². The average Bonchev–Trinajstić information content (AvgIpc) is 2.73. The first-order valence-corrected chi connectivity index (χ1v) is 7.38. The Kier molecular flexibility index (Phi) is 4.83. The summed E-state index contributed by atoms with van der Waals surface area (Å²) in [7, 11) is 0. The molecule has 0 atom stereocenters. The summed E-state index contributed by atoms with van der Waals surface area (Å²) in [6, 6.07) is 1.98. The molecule has 0 unspecified atom stereocenters. The molecule has 0 amide bonds. The lowest BCUT2D eigenvalue weighted by Gasteiger charge is -2.30. The Morgan fingerprint density at radius 3 is 2.88 bits per heavy atom. The van der Waals surface area contributed by atoms with Crippen molar-refractivity contribution < 1.29 is 0 Å². The van der Waals surface area contributed by atoms with Gasteiger partial charge in [0.15, 0.2) is 0 Å². The molecule has 1 aromatic heterocycles. The van der Waals surface area contributed by atoms with Crippen molar-refractivity contribution in [3.05, 3.63) is 16.3 Å². The van der Waals surface area contributed by atoms with Gasteiger partial charge in [-0.1, -0.05) is 6.92 Å². The lowest BCUT2D eigenvalue weighted by atomic mass is 9.99. The summed E-state index contributed by atoms with van der Waals surface area (Å²) >= 11 is 1.73. The van der Waals surface area contributed by atoms with Gasteiger partial charge in [0.1, 0.15) is 0 Å². The molecule has 0 saturated carbocycles. The summed E-state index contributed by atoms with van der Waals surface area (Å²) in [5.74, 6) is 0.921. The third-order valence-corrected chi connectivity index (χ3v) is 4.48. The van der Waals surface area contributed by atoms with Crippen LogP contribution in [0.5, 0.6) is 0 Å². The average molecular weight is 253 g/mol. The van der Waals surface area contributed by atoms with E-state index in [1.807, 2.05) is 6.07 Å². The molecule has 1 aliphatic heterocycles. The summed E-state index contributed by atoms with van der Waals surface area (Å²) < 4.78 is 0. The number of hydrogen-bond donors (Lipinski definition) is 2. The minimum Gasteiger partial charge on any atom is -0.398 e. The normalized spacial score (nSPS) is 18.6. The van der Waals surface area contributed by atoms with Gasteiger partial charge in [0.2, 0.25) is 0 Å². The summed E-state index contributed by atoms with van der Waals surface area (Å²) in [5.41, 5.74) is 6.77. The van der Waals surface area contributed by atoms with Gasteiger partial charge >= 0.3 is 0 Å². The van der Waals surface area contributed by atoms with Crippen LogP contribution in [0.2, 0.25) is 0 Å². The van der Waals surface area contributed by atoms with Crippen LogP contribution in [0.4, 0.5) is 5.69 Å². The summed E-state index contributed by atoms with van der Waals surface area (Å²) in [5, 5.41) is 5.53. The predicted molar refractivity (Wildman–Crippen MR) is 75.3 cm³/mol. The Morgan fingerprint density at radius 2 is 2.24 bits per heavy atom. The molecule has 0 aromatic carbocycles. The van der Waals surface area contributed by atoms with E-state index in [4.69, 9.17) is 5.73 Å². The van der Waals surface area contributed by atoms with Crippen molar-refractivity contribution in [3.63, 3.8) is 0 Å². The van der Waals surface area contributed by atoms with Gasteiger partial charge in [0, 0.05) is 30.2 Å². The predicted octanol–water partition coefficient (Wildman–Crippen LogP) is 2.15. The zero-order valence-corrected chi connectivity index (χ0v) is 11.4. The van der Waals surface area contributed by atoms with Crippen LogP contribution in [0, 0.1) is 5.92 Å². The number of hydrogen-bond acceptors (Lipinski definition) is 4. The van der Waals surface area contributed by atoms with Gasteiger partial charge in [-0.15, -0.1) is 11.3 Å². The molecule has 17 heavy (non-hydrogen) atoms. The van der Waals surface area contributed by atoms with Crippen LogP contribution < -0.4 is 11.1 Å². The molecule has 96 valence electrons. The summed E-state index contributed by atoms with van der Waals surface area (Å²) in [4.78, 5) is 3.82. The Balaban J connectivity index is 1.59. The van der Waals surface area contributed by atoms with Crippen LogP contribution >= 0.6 is 11.3 Å². The molecule has 1 saturated heterocycles. The van der Waals surface area contributed by atoms with Gasteiger partial charge in [-0.05, 0) is 43.3 Å². The summed E-state index contributed by atoms with van der Waals surface area (Å²) in [6.45, 7) is 8.03. The van der Waals surface area contributed by atoms with E-state index in [0.29, 0.717) is 0 Å². The number of likely N-dealkylation sites (tertiary alicyclic amines) is 1. The standard InChI is InChI=1S/C13H23N3S/c1-11-2-6-16(7-3-11)8-5-15-10-13-12(14)4-9-17-13/h4,9,11,15H,2-3,5-8,10,14H2,1H3. The molecular weight excluding hydrogens is 230 g/mol. The zero-order chi connectivity index (χ0) is 12.1. The van der Waals surface area contributed by atoms with E-state index < -0.39 is 0 Å². The van der Waals surface area contributed by atoms with Gasteiger partial charge in [0.25, 0.3) is 0 Å². The van der Waals surface area contributed by atoms with Crippen LogP contribution in [0.25, 0.3) is 0 Å². The molecule has 0 aliphatic carbocycles. The molecule has 0 radical (unpaired) electrons. The number of nitrogen functional groups attached to an aromatic ring is 1. The second-order valence-electron chi connectivity index (χ2n) is 5.00. The minimum absolute atomic E-state index is 0.910. The second kappa shape index (κ2) is 6.38. The molecular formula is C13H23N3S. The van der Waals surface area contributed by atoms with Crippen LogP contribution in [0.15, 0.2) is 11.4 Å². The molecule has 0 spiro atoms. The van der Waals surface area contributed by atoms with Gasteiger partial charge < -0.3 is 16.0 Å². The number of nitrogens with one attached hydrogen (secondary N) is 1. The van der Waals surface area contributed by atoms with E-state index >= 15 is 0 Å². The van der Waals surface area contributed by atoms with Crippen LogP contribution in [-0.4, -0.2) is 31.1 Å². The first-order chi connectivity index (χ1) is 8.25. The van der Waals surface area contributed by atoms with Crippen LogP contribution in [-0.2, 0) is 6.54 Å². The van der Waals surface area contributed by atoms with E-state index in [1.54, 1.807) is 11.3 Å². The number of anilines is 1. The van der Waals surface area contributed by atoms with Gasteiger partial charge in [0.05, 0.1) is 0 Å². The maximum absolute atomic E-state index is 5.84. The first kappa shape index (κ1) is 12.9. The van der Waals surface area contributed by atoms with Crippen molar-refractivity contribution >= 4 is 17.0 Å². The van der Waals surface area contributed by atoms with Gasteiger partial charge in [-0.2, -0.15) is 0 Å². The number of nitrogens with two attached hydrogens (primary N) is 1. The minimum atomic E-state index is 0.910. The third-order valence-electron chi connectivity index (χ3n) is 3.55. The number of piperidine rings is 1. The van der Waals surface area contributed by atoms with Crippen molar-refractivity contribution in [2.75, 3.05) is 31.9 Å². The Bertz CT molecular complexity index is 329. The molecule has 1 aliphatic rings. The number of nitrogens with zero attached hydrogens (tertiary/aromatic N) is 1. The molecule has 3 nitrogen and oxygen atoms in total. The largest absolute Gasteiger partial charge is 0.398 e. The fourth-order valence-corrected chi connectivity index (χ4v) is 2.99. The SMILES string of the molecule is CC1CCN(CCNCc2sccc2N)CC1. The monoisotopic (exact) mass is 253 g/mol. The zero-order valence-electron chi connectivity index (χ0n) is 10.6. The van der Waals surface area contributed by atoms with Crippen molar-refractivity contribution in [2.24, 2.45) is 5.92 Å². The smallest absolute Gasteiger partial charge is 0.0468 e.